The molecule has 0 spiro atoms. The molecular formula is C11H24N2. The first kappa shape index (κ1) is 11.0. The molecule has 1 aliphatic carbocycles. The Morgan fingerprint density at radius 1 is 1.23 bits per heavy atom. The Bertz CT molecular complexity index is 134. The topological polar surface area (TPSA) is 15.3 Å². The zero-order valence-electron chi connectivity index (χ0n) is 9.34. The van der Waals surface area contributed by atoms with Crippen LogP contribution in [-0.4, -0.2) is 37.1 Å². The standard InChI is InChI=1S/C11H24N2/c1-4-12-10-8-6-7-9-11(10)13(3)5-2/h10-12H,4-9H2,1-3H3/t10-,11-/m1/s1. The van der Waals surface area contributed by atoms with Gasteiger partial charge in [-0.15, -0.1) is 0 Å². The minimum absolute atomic E-state index is 0.740. The van der Waals surface area contributed by atoms with Crippen LogP contribution >= 0.6 is 0 Å². The van der Waals surface area contributed by atoms with Crippen LogP contribution < -0.4 is 5.32 Å². The molecule has 0 heterocycles. The third-order valence-electron chi connectivity index (χ3n) is 3.26. The summed E-state index contributed by atoms with van der Waals surface area (Å²) in [6.07, 6.45) is 5.56. The van der Waals surface area contributed by atoms with Crippen LogP contribution in [0.4, 0.5) is 0 Å². The maximum atomic E-state index is 3.61. The summed E-state index contributed by atoms with van der Waals surface area (Å²) in [6.45, 7) is 6.74. The molecule has 0 amide bonds. The number of hydrogen-bond donors (Lipinski definition) is 1. The minimum atomic E-state index is 0.740. The van der Waals surface area contributed by atoms with E-state index in [1.54, 1.807) is 0 Å². The second-order valence-electron chi connectivity index (χ2n) is 4.09. The van der Waals surface area contributed by atoms with Gasteiger partial charge in [0, 0.05) is 12.1 Å². The van der Waals surface area contributed by atoms with Crippen LogP contribution in [0.15, 0.2) is 0 Å². The van der Waals surface area contributed by atoms with Crippen molar-refractivity contribution >= 4 is 0 Å². The van der Waals surface area contributed by atoms with E-state index in [-0.39, 0.29) is 0 Å². The van der Waals surface area contributed by atoms with Gasteiger partial charge >= 0.3 is 0 Å². The van der Waals surface area contributed by atoms with Crippen LogP contribution in [0, 0.1) is 0 Å². The SMILES string of the molecule is CCN[C@@H]1CCCC[C@H]1N(C)CC. The molecule has 2 atom stereocenters. The quantitative estimate of drug-likeness (QED) is 0.717. The Hall–Kier alpha value is -0.0800. The lowest BCUT2D eigenvalue weighted by molar-refractivity contribution is 0.157. The van der Waals surface area contributed by atoms with Crippen LogP contribution in [0.1, 0.15) is 39.5 Å². The lowest BCUT2D eigenvalue weighted by atomic mass is 9.89. The zero-order valence-corrected chi connectivity index (χ0v) is 9.34. The first-order valence-corrected chi connectivity index (χ1v) is 5.73. The third-order valence-corrected chi connectivity index (χ3v) is 3.26. The van der Waals surface area contributed by atoms with Gasteiger partial charge in [0.15, 0.2) is 0 Å². The van der Waals surface area contributed by atoms with Gasteiger partial charge in [-0.25, -0.2) is 0 Å². The van der Waals surface area contributed by atoms with Crippen molar-refractivity contribution < 1.29 is 0 Å². The van der Waals surface area contributed by atoms with Crippen molar-refractivity contribution in [3.8, 4) is 0 Å². The molecule has 0 aromatic carbocycles. The number of hydrogen-bond acceptors (Lipinski definition) is 2. The van der Waals surface area contributed by atoms with Crippen molar-refractivity contribution in [2.75, 3.05) is 20.1 Å². The van der Waals surface area contributed by atoms with Gasteiger partial charge in [-0.1, -0.05) is 26.7 Å². The van der Waals surface area contributed by atoms with Gasteiger partial charge in [-0.2, -0.15) is 0 Å². The monoisotopic (exact) mass is 184 g/mol. The molecule has 1 rings (SSSR count). The maximum Gasteiger partial charge on any atom is 0.0246 e. The van der Waals surface area contributed by atoms with Crippen molar-refractivity contribution in [2.24, 2.45) is 0 Å². The molecule has 0 unspecified atom stereocenters. The first-order chi connectivity index (χ1) is 6.29. The molecule has 0 aromatic rings. The molecule has 1 N–H and O–H groups in total. The van der Waals surface area contributed by atoms with Gasteiger partial charge in [0.1, 0.15) is 0 Å². The largest absolute Gasteiger partial charge is 0.313 e. The lowest BCUT2D eigenvalue weighted by Crippen LogP contribution is -2.50. The van der Waals surface area contributed by atoms with Gasteiger partial charge in [-0.3, -0.25) is 0 Å². The van der Waals surface area contributed by atoms with E-state index < -0.39 is 0 Å². The molecule has 0 saturated heterocycles. The summed E-state index contributed by atoms with van der Waals surface area (Å²) in [6, 6.07) is 1.52. The molecule has 1 saturated carbocycles. The van der Waals surface area contributed by atoms with E-state index in [1.807, 2.05) is 0 Å². The summed E-state index contributed by atoms with van der Waals surface area (Å²) in [4.78, 5) is 2.49. The van der Waals surface area contributed by atoms with Crippen LogP contribution in [0.2, 0.25) is 0 Å². The molecule has 78 valence electrons. The molecule has 2 nitrogen and oxygen atoms in total. The lowest BCUT2D eigenvalue weighted by Gasteiger charge is -2.38. The van der Waals surface area contributed by atoms with E-state index in [0.717, 1.165) is 18.6 Å². The predicted octanol–water partition coefficient (Wildman–Crippen LogP) is 1.86. The van der Waals surface area contributed by atoms with E-state index >= 15 is 0 Å². The summed E-state index contributed by atoms with van der Waals surface area (Å²) in [5, 5.41) is 3.61. The average molecular weight is 184 g/mol. The second kappa shape index (κ2) is 5.61. The molecule has 0 radical (unpaired) electrons. The highest BCUT2D eigenvalue weighted by atomic mass is 15.2. The van der Waals surface area contributed by atoms with E-state index in [2.05, 4.69) is 31.1 Å². The molecular weight excluding hydrogens is 160 g/mol. The Morgan fingerprint density at radius 3 is 2.54 bits per heavy atom. The van der Waals surface area contributed by atoms with Crippen molar-refractivity contribution in [1.82, 2.24) is 10.2 Å². The normalized spacial score (nSPS) is 29.5. The smallest absolute Gasteiger partial charge is 0.0246 e. The summed E-state index contributed by atoms with van der Waals surface area (Å²) in [5.74, 6) is 0. The Labute approximate surface area is 82.7 Å². The maximum absolute atomic E-state index is 3.61. The Kier molecular flexibility index (Phi) is 4.74. The fraction of sp³-hybridized carbons (Fsp3) is 1.00. The third kappa shape index (κ3) is 2.96. The predicted molar refractivity (Wildman–Crippen MR) is 58.0 cm³/mol. The Morgan fingerprint density at radius 2 is 1.92 bits per heavy atom. The van der Waals surface area contributed by atoms with E-state index in [1.165, 1.54) is 32.2 Å². The fourth-order valence-corrected chi connectivity index (χ4v) is 2.37. The van der Waals surface area contributed by atoms with Crippen molar-refractivity contribution in [3.05, 3.63) is 0 Å². The molecule has 2 heteroatoms. The number of nitrogens with one attached hydrogen (secondary N) is 1. The molecule has 0 aromatic heterocycles. The van der Waals surface area contributed by atoms with Crippen LogP contribution in [0.25, 0.3) is 0 Å². The van der Waals surface area contributed by atoms with E-state index in [0.29, 0.717) is 0 Å². The van der Waals surface area contributed by atoms with Crippen LogP contribution in [-0.2, 0) is 0 Å². The molecule has 13 heavy (non-hydrogen) atoms. The first-order valence-electron chi connectivity index (χ1n) is 5.73. The molecule has 1 aliphatic rings. The molecule has 1 fully saturated rings. The van der Waals surface area contributed by atoms with E-state index in [9.17, 15) is 0 Å². The van der Waals surface area contributed by atoms with Gasteiger partial charge in [-0.05, 0) is 33.0 Å². The minimum Gasteiger partial charge on any atom is -0.313 e. The average Bonchev–Trinajstić information content (AvgIpc) is 2.18. The highest BCUT2D eigenvalue weighted by Crippen LogP contribution is 2.22. The molecule has 0 bridgehead atoms. The van der Waals surface area contributed by atoms with Crippen molar-refractivity contribution in [3.63, 3.8) is 0 Å². The summed E-state index contributed by atoms with van der Waals surface area (Å²) >= 11 is 0. The van der Waals surface area contributed by atoms with Crippen molar-refractivity contribution in [2.45, 2.75) is 51.6 Å². The van der Waals surface area contributed by atoms with Crippen molar-refractivity contribution in [1.29, 1.82) is 0 Å². The van der Waals surface area contributed by atoms with Crippen LogP contribution in [0.3, 0.4) is 0 Å². The fourth-order valence-electron chi connectivity index (χ4n) is 2.37. The van der Waals surface area contributed by atoms with Gasteiger partial charge in [0.05, 0.1) is 0 Å². The Balaban J connectivity index is 2.45. The number of likely N-dealkylation sites (N-methyl/N-ethyl adjacent to an activating group) is 2. The van der Waals surface area contributed by atoms with Gasteiger partial charge < -0.3 is 10.2 Å². The second-order valence-corrected chi connectivity index (χ2v) is 4.09. The molecule has 0 aliphatic heterocycles. The van der Waals surface area contributed by atoms with E-state index in [4.69, 9.17) is 0 Å². The van der Waals surface area contributed by atoms with Gasteiger partial charge in [0.2, 0.25) is 0 Å². The highest BCUT2D eigenvalue weighted by molar-refractivity contribution is 4.86. The van der Waals surface area contributed by atoms with Crippen LogP contribution in [0.5, 0.6) is 0 Å². The summed E-state index contributed by atoms with van der Waals surface area (Å²) < 4.78 is 0. The van der Waals surface area contributed by atoms with Gasteiger partial charge in [0.25, 0.3) is 0 Å². The number of rotatable bonds is 4. The zero-order chi connectivity index (χ0) is 9.68. The summed E-state index contributed by atoms with van der Waals surface area (Å²) in [7, 11) is 2.25. The highest BCUT2D eigenvalue weighted by Gasteiger charge is 2.26. The summed E-state index contributed by atoms with van der Waals surface area (Å²) in [5.41, 5.74) is 0. The number of nitrogens with zero attached hydrogens (tertiary/aromatic N) is 1.